The van der Waals surface area contributed by atoms with Crippen LogP contribution in [0.2, 0.25) is 0 Å². The predicted molar refractivity (Wildman–Crippen MR) is 106 cm³/mol. The van der Waals surface area contributed by atoms with Crippen molar-refractivity contribution in [3.05, 3.63) is 65.1 Å². The summed E-state index contributed by atoms with van der Waals surface area (Å²) < 4.78 is 21.4. The molecule has 2 aliphatic rings. The lowest BCUT2D eigenvalue weighted by molar-refractivity contribution is 0.0644. The van der Waals surface area contributed by atoms with Crippen LogP contribution in [0.1, 0.15) is 77.2 Å². The second-order valence-corrected chi connectivity index (χ2v) is 8.11. The molecule has 0 aromatic carbocycles. The number of aromatic amines is 1. The number of carbonyl (C=O) groups excluding carboxylic acids is 1. The number of aromatic nitrogens is 6. The molecule has 1 amide bonds. The largest absolute Gasteiger partial charge is 0.417 e. The van der Waals surface area contributed by atoms with Gasteiger partial charge in [0.15, 0.2) is 0 Å². The molecule has 31 heavy (non-hydrogen) atoms. The monoisotopic (exact) mass is 421 g/mol. The van der Waals surface area contributed by atoms with Gasteiger partial charge in [0.05, 0.1) is 28.9 Å². The van der Waals surface area contributed by atoms with Crippen LogP contribution in [0.25, 0.3) is 5.52 Å². The number of imidazole rings is 1. The Bertz CT molecular complexity index is 1290. The van der Waals surface area contributed by atoms with Gasteiger partial charge in [-0.1, -0.05) is 6.07 Å². The number of pyridine rings is 1. The van der Waals surface area contributed by atoms with Crippen LogP contribution < -0.4 is 0 Å². The Morgan fingerprint density at radius 3 is 3.00 bits per heavy atom. The van der Waals surface area contributed by atoms with E-state index in [0.29, 0.717) is 30.2 Å². The van der Waals surface area contributed by atoms with E-state index in [9.17, 15) is 9.18 Å². The highest BCUT2D eigenvalue weighted by Gasteiger charge is 2.39. The molecule has 0 bridgehead atoms. The maximum Gasteiger partial charge on any atom is 0.312 e. The number of fused-ring (bicyclic) bond motifs is 2. The van der Waals surface area contributed by atoms with Crippen LogP contribution in [-0.2, 0) is 6.42 Å². The average molecular weight is 421 g/mol. The summed E-state index contributed by atoms with van der Waals surface area (Å²) in [5.41, 5.74) is 3.48. The Morgan fingerprint density at radius 2 is 2.19 bits per heavy atom. The molecule has 4 aromatic rings. The fourth-order valence-electron chi connectivity index (χ4n) is 4.22. The van der Waals surface area contributed by atoms with Crippen LogP contribution in [0.4, 0.5) is 4.39 Å². The van der Waals surface area contributed by atoms with E-state index < -0.39 is 12.2 Å². The van der Waals surface area contributed by atoms with Crippen LogP contribution >= 0.6 is 0 Å². The van der Waals surface area contributed by atoms with Crippen molar-refractivity contribution in [2.75, 3.05) is 6.54 Å². The molecule has 4 aromatic heterocycles. The SMILES string of the molecule is CC(F)c1cccc2cc([C@@H]3c4nc[nH]c4CCN3C(=O)c3nnc(C4CC4)o3)nn12. The van der Waals surface area contributed by atoms with Gasteiger partial charge in [-0.05, 0) is 38.0 Å². The van der Waals surface area contributed by atoms with Gasteiger partial charge in [0.25, 0.3) is 0 Å². The molecule has 1 fully saturated rings. The van der Waals surface area contributed by atoms with E-state index in [0.717, 1.165) is 29.7 Å². The van der Waals surface area contributed by atoms with Crippen LogP contribution in [0.15, 0.2) is 35.0 Å². The molecule has 1 N–H and O–H groups in total. The molecule has 1 unspecified atom stereocenters. The summed E-state index contributed by atoms with van der Waals surface area (Å²) in [6.07, 6.45) is 3.08. The van der Waals surface area contributed by atoms with Gasteiger partial charge in [0.2, 0.25) is 5.89 Å². The molecule has 5 heterocycles. The van der Waals surface area contributed by atoms with E-state index in [1.807, 2.05) is 12.1 Å². The third-order valence-corrected chi connectivity index (χ3v) is 5.96. The van der Waals surface area contributed by atoms with E-state index in [-0.39, 0.29) is 17.7 Å². The summed E-state index contributed by atoms with van der Waals surface area (Å²) in [5.74, 6) is 0.414. The van der Waals surface area contributed by atoms with E-state index in [1.165, 1.54) is 6.92 Å². The topological polar surface area (TPSA) is 105 Å². The number of hydrogen-bond donors (Lipinski definition) is 1. The molecule has 10 heteroatoms. The lowest BCUT2D eigenvalue weighted by atomic mass is 9.99. The summed E-state index contributed by atoms with van der Waals surface area (Å²) in [5, 5.41) is 12.7. The minimum Gasteiger partial charge on any atom is -0.417 e. The zero-order valence-corrected chi connectivity index (χ0v) is 16.8. The first kappa shape index (κ1) is 18.2. The fraction of sp³-hybridized carbons (Fsp3) is 0.381. The Morgan fingerprint density at radius 1 is 1.32 bits per heavy atom. The van der Waals surface area contributed by atoms with Gasteiger partial charge in [-0.2, -0.15) is 5.10 Å². The predicted octanol–water partition coefficient (Wildman–Crippen LogP) is 3.14. The van der Waals surface area contributed by atoms with Gasteiger partial charge in [0.1, 0.15) is 12.2 Å². The van der Waals surface area contributed by atoms with Gasteiger partial charge < -0.3 is 14.3 Å². The molecule has 0 saturated heterocycles. The van der Waals surface area contributed by atoms with Gasteiger partial charge in [-0.15, -0.1) is 10.2 Å². The first-order valence-corrected chi connectivity index (χ1v) is 10.4. The molecule has 2 atom stereocenters. The number of H-pyrrole nitrogens is 1. The first-order valence-electron chi connectivity index (χ1n) is 10.4. The number of nitrogens with zero attached hydrogens (tertiary/aromatic N) is 6. The number of carbonyl (C=O) groups is 1. The number of alkyl halides is 1. The number of rotatable bonds is 4. The molecular weight excluding hydrogens is 401 g/mol. The molecule has 158 valence electrons. The highest BCUT2D eigenvalue weighted by Crippen LogP contribution is 2.40. The summed E-state index contributed by atoms with van der Waals surface area (Å²) in [7, 11) is 0. The van der Waals surface area contributed by atoms with Crippen molar-refractivity contribution >= 4 is 11.4 Å². The third kappa shape index (κ3) is 2.93. The Labute approximate surface area is 176 Å². The van der Waals surface area contributed by atoms with Crippen molar-refractivity contribution in [2.45, 2.75) is 44.3 Å². The van der Waals surface area contributed by atoms with Gasteiger partial charge in [-0.25, -0.2) is 13.9 Å². The maximum absolute atomic E-state index is 14.1. The van der Waals surface area contributed by atoms with Crippen LogP contribution in [0, 0.1) is 0 Å². The second kappa shape index (κ2) is 6.73. The zero-order valence-electron chi connectivity index (χ0n) is 16.8. The van der Waals surface area contributed by atoms with Crippen molar-refractivity contribution in [3.8, 4) is 0 Å². The molecule has 1 saturated carbocycles. The number of hydrogen-bond acceptors (Lipinski definition) is 6. The van der Waals surface area contributed by atoms with E-state index in [4.69, 9.17) is 4.42 Å². The van der Waals surface area contributed by atoms with Crippen molar-refractivity contribution in [1.29, 1.82) is 0 Å². The normalized spacial score (nSPS) is 19.5. The van der Waals surface area contributed by atoms with Crippen molar-refractivity contribution in [1.82, 2.24) is 34.7 Å². The lowest BCUT2D eigenvalue weighted by Crippen LogP contribution is -2.41. The summed E-state index contributed by atoms with van der Waals surface area (Å²) in [4.78, 5) is 22.6. The number of halogens is 1. The molecule has 6 rings (SSSR count). The minimum atomic E-state index is -1.18. The molecule has 1 aliphatic carbocycles. The van der Waals surface area contributed by atoms with Crippen molar-refractivity contribution < 1.29 is 13.6 Å². The van der Waals surface area contributed by atoms with Crippen LogP contribution in [-0.4, -0.2) is 47.1 Å². The Kier molecular flexibility index (Phi) is 3.95. The highest BCUT2D eigenvalue weighted by molar-refractivity contribution is 5.90. The molecule has 0 spiro atoms. The highest BCUT2D eigenvalue weighted by atomic mass is 19.1. The number of amides is 1. The van der Waals surface area contributed by atoms with Gasteiger partial charge in [0, 0.05) is 24.6 Å². The lowest BCUT2D eigenvalue weighted by Gasteiger charge is -2.32. The summed E-state index contributed by atoms with van der Waals surface area (Å²) in [6, 6.07) is 6.69. The van der Waals surface area contributed by atoms with E-state index >= 15 is 0 Å². The summed E-state index contributed by atoms with van der Waals surface area (Å²) >= 11 is 0. The van der Waals surface area contributed by atoms with Crippen molar-refractivity contribution in [3.63, 3.8) is 0 Å². The van der Waals surface area contributed by atoms with Crippen molar-refractivity contribution in [2.24, 2.45) is 0 Å². The first-order chi connectivity index (χ1) is 15.1. The fourth-order valence-corrected chi connectivity index (χ4v) is 4.22. The van der Waals surface area contributed by atoms with E-state index in [1.54, 1.807) is 27.9 Å². The molecule has 9 nitrogen and oxygen atoms in total. The average Bonchev–Trinajstić information content (AvgIpc) is 3.19. The van der Waals surface area contributed by atoms with E-state index in [2.05, 4.69) is 25.3 Å². The van der Waals surface area contributed by atoms with Gasteiger partial charge >= 0.3 is 11.8 Å². The van der Waals surface area contributed by atoms with Crippen LogP contribution in [0.3, 0.4) is 0 Å². The molecule has 0 radical (unpaired) electrons. The zero-order chi connectivity index (χ0) is 21.1. The number of nitrogens with one attached hydrogen (secondary N) is 1. The second-order valence-electron chi connectivity index (χ2n) is 8.11. The Balaban J connectivity index is 1.44. The molecule has 1 aliphatic heterocycles. The standard InChI is InChI=1S/C21H20FN7O2/c1-11(22)16-4-2-3-13-9-15(27-29(13)16)18-17-14(23-10-24-17)7-8-28(18)21(30)20-26-25-19(31-20)12-5-6-12/h2-4,9-12,18H,5-8H2,1H3,(H,23,24)/t11?,18-/m1/s1. The quantitative estimate of drug-likeness (QED) is 0.543. The minimum absolute atomic E-state index is 0.0206. The van der Waals surface area contributed by atoms with Crippen LogP contribution in [0.5, 0.6) is 0 Å². The molecular formula is C21H20FN7O2. The maximum atomic E-state index is 14.1. The Hall–Kier alpha value is -3.56. The summed E-state index contributed by atoms with van der Waals surface area (Å²) in [6.45, 7) is 1.92. The smallest absolute Gasteiger partial charge is 0.312 e. The van der Waals surface area contributed by atoms with Gasteiger partial charge in [-0.3, -0.25) is 4.79 Å². The third-order valence-electron chi connectivity index (χ3n) is 5.96.